The van der Waals surface area contributed by atoms with Gasteiger partial charge in [-0.3, -0.25) is 0 Å². The van der Waals surface area contributed by atoms with Crippen LogP contribution in [0.1, 0.15) is 17.4 Å². The van der Waals surface area contributed by atoms with Gasteiger partial charge in [-0.2, -0.15) is 0 Å². The molecule has 0 aliphatic carbocycles. The second-order valence-electron chi connectivity index (χ2n) is 5.72. The van der Waals surface area contributed by atoms with Gasteiger partial charge in [-0.15, -0.1) is 11.3 Å². The maximum atomic E-state index is 6.30. The summed E-state index contributed by atoms with van der Waals surface area (Å²) in [5.74, 6) is 0.941. The predicted molar refractivity (Wildman–Crippen MR) is 94.8 cm³/mol. The summed E-state index contributed by atoms with van der Waals surface area (Å²) < 4.78 is 6.30. The Morgan fingerprint density at radius 3 is 2.55 bits per heavy atom. The van der Waals surface area contributed by atoms with Crippen LogP contribution in [0.25, 0.3) is 10.8 Å². The molecule has 3 rings (SSSR count). The first-order chi connectivity index (χ1) is 10.7. The zero-order valence-electron chi connectivity index (χ0n) is 13.0. The summed E-state index contributed by atoms with van der Waals surface area (Å²) in [6.07, 6.45) is 1.10. The van der Waals surface area contributed by atoms with E-state index >= 15 is 0 Å². The molecule has 2 aromatic carbocycles. The molecule has 1 atom stereocenters. The Labute approximate surface area is 136 Å². The summed E-state index contributed by atoms with van der Waals surface area (Å²) in [6, 6.07) is 19.0. The molecular formula is C19H21NOS. The fourth-order valence-electron chi connectivity index (χ4n) is 2.51. The number of ether oxygens (including phenoxy) is 1. The van der Waals surface area contributed by atoms with Gasteiger partial charge in [0.05, 0.1) is 0 Å². The number of hydrogen-bond donors (Lipinski definition) is 0. The first kappa shape index (κ1) is 15.1. The largest absolute Gasteiger partial charge is 0.485 e. The molecule has 114 valence electrons. The predicted octanol–water partition coefficient (Wildman–Crippen LogP) is 4.97. The van der Waals surface area contributed by atoms with Crippen molar-refractivity contribution in [2.24, 2.45) is 0 Å². The molecule has 2 nitrogen and oxygen atoms in total. The minimum Gasteiger partial charge on any atom is -0.485 e. The fourth-order valence-corrected chi connectivity index (χ4v) is 3.30. The molecular weight excluding hydrogens is 290 g/mol. The number of fused-ring (bicyclic) bond motifs is 1. The van der Waals surface area contributed by atoms with Gasteiger partial charge in [0.1, 0.15) is 11.9 Å². The van der Waals surface area contributed by atoms with E-state index in [4.69, 9.17) is 4.74 Å². The average Bonchev–Trinajstić information content (AvgIpc) is 3.05. The van der Waals surface area contributed by atoms with Crippen molar-refractivity contribution in [1.29, 1.82) is 0 Å². The maximum absolute atomic E-state index is 6.30. The molecule has 0 aliphatic rings. The van der Waals surface area contributed by atoms with Gasteiger partial charge in [-0.1, -0.05) is 36.4 Å². The minimum atomic E-state index is 0.114. The van der Waals surface area contributed by atoms with E-state index in [-0.39, 0.29) is 6.10 Å². The number of benzene rings is 2. The second-order valence-corrected chi connectivity index (χ2v) is 6.70. The van der Waals surface area contributed by atoms with E-state index in [1.165, 1.54) is 15.6 Å². The number of nitrogens with zero attached hydrogens (tertiary/aromatic N) is 1. The summed E-state index contributed by atoms with van der Waals surface area (Å²) in [4.78, 5) is 3.49. The van der Waals surface area contributed by atoms with Gasteiger partial charge in [0.2, 0.25) is 0 Å². The molecule has 3 aromatic rings. The summed E-state index contributed by atoms with van der Waals surface area (Å²) in [5.41, 5.74) is 0. The zero-order chi connectivity index (χ0) is 15.4. The van der Waals surface area contributed by atoms with Crippen LogP contribution in [0.15, 0.2) is 60.0 Å². The molecule has 0 aliphatic heterocycles. The van der Waals surface area contributed by atoms with Crippen molar-refractivity contribution in [3.05, 3.63) is 64.9 Å². The highest BCUT2D eigenvalue weighted by Crippen LogP contribution is 2.30. The first-order valence-electron chi connectivity index (χ1n) is 7.56. The Kier molecular flexibility index (Phi) is 4.76. The Morgan fingerprint density at radius 1 is 1.00 bits per heavy atom. The highest BCUT2D eigenvalue weighted by atomic mass is 32.1. The lowest BCUT2D eigenvalue weighted by molar-refractivity contribution is 0.183. The van der Waals surface area contributed by atoms with Crippen LogP contribution < -0.4 is 4.74 Å². The Balaban J connectivity index is 1.81. The van der Waals surface area contributed by atoms with E-state index in [0.29, 0.717) is 0 Å². The van der Waals surface area contributed by atoms with Crippen molar-refractivity contribution >= 4 is 22.1 Å². The molecule has 0 saturated carbocycles. The smallest absolute Gasteiger partial charge is 0.134 e. The third-order valence-corrected chi connectivity index (χ3v) is 4.66. The minimum absolute atomic E-state index is 0.114. The third kappa shape index (κ3) is 3.67. The molecule has 1 heterocycles. The molecule has 0 radical (unpaired) electrons. The molecule has 3 heteroatoms. The van der Waals surface area contributed by atoms with Gasteiger partial charge in [0.25, 0.3) is 0 Å². The fraction of sp³-hybridized carbons (Fsp3) is 0.263. The molecule has 0 amide bonds. The van der Waals surface area contributed by atoms with E-state index in [9.17, 15) is 0 Å². The average molecular weight is 311 g/mol. The molecule has 0 unspecified atom stereocenters. The maximum Gasteiger partial charge on any atom is 0.134 e. The summed E-state index contributed by atoms with van der Waals surface area (Å²) in [5, 5.41) is 4.58. The van der Waals surface area contributed by atoms with Gasteiger partial charge >= 0.3 is 0 Å². The quantitative estimate of drug-likeness (QED) is 0.637. The van der Waals surface area contributed by atoms with Crippen LogP contribution in [-0.4, -0.2) is 25.5 Å². The third-order valence-electron chi connectivity index (χ3n) is 3.70. The summed E-state index contributed by atoms with van der Waals surface area (Å²) >= 11 is 1.76. The standard InChI is InChI=1S/C19H21NOS/c1-20(2)12-11-18(19-8-5-13-22-19)21-17-10-9-15-6-3-4-7-16(15)14-17/h3-10,13-14,18H,11-12H2,1-2H3/t18-/m0/s1. The van der Waals surface area contributed by atoms with Crippen molar-refractivity contribution in [2.45, 2.75) is 12.5 Å². The van der Waals surface area contributed by atoms with Crippen molar-refractivity contribution in [3.8, 4) is 5.75 Å². The van der Waals surface area contributed by atoms with Gasteiger partial charge in [-0.25, -0.2) is 0 Å². The van der Waals surface area contributed by atoms with Crippen molar-refractivity contribution in [3.63, 3.8) is 0 Å². The van der Waals surface area contributed by atoms with Crippen LogP contribution >= 0.6 is 11.3 Å². The first-order valence-corrected chi connectivity index (χ1v) is 8.44. The van der Waals surface area contributed by atoms with Crippen molar-refractivity contribution in [1.82, 2.24) is 4.90 Å². The van der Waals surface area contributed by atoms with Gasteiger partial charge in [0, 0.05) is 17.8 Å². The lowest BCUT2D eigenvalue weighted by atomic mass is 10.1. The monoisotopic (exact) mass is 311 g/mol. The van der Waals surface area contributed by atoms with E-state index in [2.05, 4.69) is 79.0 Å². The molecule has 0 spiro atoms. The van der Waals surface area contributed by atoms with E-state index in [1.54, 1.807) is 11.3 Å². The Bertz CT molecular complexity index is 721. The van der Waals surface area contributed by atoms with Crippen LogP contribution in [0.5, 0.6) is 5.75 Å². The van der Waals surface area contributed by atoms with Crippen LogP contribution in [0.3, 0.4) is 0 Å². The number of rotatable bonds is 6. The molecule has 22 heavy (non-hydrogen) atoms. The van der Waals surface area contributed by atoms with Gasteiger partial charge in [-0.05, 0) is 48.4 Å². The van der Waals surface area contributed by atoms with E-state index < -0.39 is 0 Å². The topological polar surface area (TPSA) is 12.5 Å². The summed E-state index contributed by atoms with van der Waals surface area (Å²) in [7, 11) is 4.20. The van der Waals surface area contributed by atoms with E-state index in [1.807, 2.05) is 0 Å². The van der Waals surface area contributed by atoms with Crippen molar-refractivity contribution < 1.29 is 4.74 Å². The zero-order valence-corrected chi connectivity index (χ0v) is 13.8. The van der Waals surface area contributed by atoms with Gasteiger partial charge in [0.15, 0.2) is 0 Å². The molecule has 0 bridgehead atoms. The van der Waals surface area contributed by atoms with Crippen LogP contribution in [-0.2, 0) is 0 Å². The highest BCUT2D eigenvalue weighted by molar-refractivity contribution is 7.10. The Hall–Kier alpha value is -1.84. The number of hydrogen-bond acceptors (Lipinski definition) is 3. The SMILES string of the molecule is CN(C)CC[C@H](Oc1ccc2ccccc2c1)c1cccs1. The molecule has 0 saturated heterocycles. The normalized spacial score (nSPS) is 12.7. The number of thiophene rings is 1. The lowest BCUT2D eigenvalue weighted by Gasteiger charge is -2.20. The van der Waals surface area contributed by atoms with Crippen LogP contribution in [0.2, 0.25) is 0 Å². The van der Waals surface area contributed by atoms with Gasteiger partial charge < -0.3 is 9.64 Å². The lowest BCUT2D eigenvalue weighted by Crippen LogP contribution is -2.18. The highest BCUT2D eigenvalue weighted by Gasteiger charge is 2.15. The van der Waals surface area contributed by atoms with E-state index in [0.717, 1.165) is 18.7 Å². The Morgan fingerprint density at radius 2 is 1.82 bits per heavy atom. The second kappa shape index (κ2) is 6.95. The molecule has 1 aromatic heterocycles. The van der Waals surface area contributed by atoms with Crippen LogP contribution in [0, 0.1) is 0 Å². The van der Waals surface area contributed by atoms with Crippen molar-refractivity contribution in [2.75, 3.05) is 20.6 Å². The molecule has 0 fully saturated rings. The summed E-state index contributed by atoms with van der Waals surface area (Å²) in [6.45, 7) is 1.01. The molecule has 0 N–H and O–H groups in total. The van der Waals surface area contributed by atoms with Crippen LogP contribution in [0.4, 0.5) is 0 Å².